The number of hydrogen-bond acceptors (Lipinski definition) is 4. The molecule has 0 saturated heterocycles. The molecule has 2 aromatic rings. The van der Waals surface area contributed by atoms with Crippen molar-refractivity contribution >= 4 is 39.1 Å². The molecule has 0 aromatic heterocycles. The highest BCUT2D eigenvalue weighted by molar-refractivity contribution is 7.92. The Kier molecular flexibility index (Phi) is 8.69. The van der Waals surface area contributed by atoms with Crippen LogP contribution in [0, 0.1) is 6.92 Å². The smallest absolute Gasteiger partial charge is 0.244 e. The van der Waals surface area contributed by atoms with E-state index in [1.807, 2.05) is 45.0 Å². The Morgan fingerprint density at radius 3 is 2.19 bits per heavy atom. The van der Waals surface area contributed by atoms with E-state index in [2.05, 4.69) is 5.32 Å². The molecular weight excluding hydrogens is 450 g/mol. The first-order chi connectivity index (χ1) is 14.9. The van der Waals surface area contributed by atoms with Gasteiger partial charge in [0.1, 0.15) is 12.6 Å². The Hall–Kier alpha value is -2.58. The maximum atomic E-state index is 13.4. The largest absolute Gasteiger partial charge is 0.352 e. The van der Waals surface area contributed by atoms with Crippen LogP contribution < -0.4 is 9.62 Å². The number of benzene rings is 2. The highest BCUT2D eigenvalue weighted by atomic mass is 35.5. The maximum absolute atomic E-state index is 13.4. The van der Waals surface area contributed by atoms with E-state index < -0.39 is 28.5 Å². The van der Waals surface area contributed by atoms with Gasteiger partial charge >= 0.3 is 0 Å². The van der Waals surface area contributed by atoms with Crippen LogP contribution in [0.5, 0.6) is 0 Å². The zero-order valence-corrected chi connectivity index (χ0v) is 20.6. The fourth-order valence-corrected chi connectivity index (χ4v) is 4.36. The molecule has 0 aliphatic heterocycles. The number of carbonyl (C=O) groups excluding carboxylic acids is 2. The molecule has 0 heterocycles. The van der Waals surface area contributed by atoms with Crippen molar-refractivity contribution in [3.05, 3.63) is 64.7 Å². The predicted octanol–water partition coefficient (Wildman–Crippen LogP) is 3.36. The summed E-state index contributed by atoms with van der Waals surface area (Å²) in [6.07, 6.45) is 1.02. The minimum absolute atomic E-state index is 0.101. The van der Waals surface area contributed by atoms with Crippen LogP contribution in [0.1, 0.15) is 31.9 Å². The average molecular weight is 480 g/mol. The van der Waals surface area contributed by atoms with Crippen molar-refractivity contribution in [1.82, 2.24) is 10.2 Å². The van der Waals surface area contributed by atoms with Crippen LogP contribution in [0.3, 0.4) is 0 Å². The molecule has 0 saturated carbocycles. The molecule has 0 aliphatic carbocycles. The second-order valence-corrected chi connectivity index (χ2v) is 10.3. The molecule has 0 fully saturated rings. The van der Waals surface area contributed by atoms with Gasteiger partial charge in [0, 0.05) is 12.6 Å². The van der Waals surface area contributed by atoms with E-state index in [9.17, 15) is 18.0 Å². The molecule has 9 heteroatoms. The van der Waals surface area contributed by atoms with Crippen LogP contribution in [-0.4, -0.2) is 50.0 Å². The van der Waals surface area contributed by atoms with Crippen molar-refractivity contribution in [2.75, 3.05) is 17.1 Å². The van der Waals surface area contributed by atoms with E-state index in [0.717, 1.165) is 21.7 Å². The highest BCUT2D eigenvalue weighted by Crippen LogP contribution is 2.27. The van der Waals surface area contributed by atoms with Crippen molar-refractivity contribution in [1.29, 1.82) is 0 Å². The van der Waals surface area contributed by atoms with E-state index in [0.29, 0.717) is 0 Å². The third-order valence-electron chi connectivity index (χ3n) is 5.00. The Morgan fingerprint density at radius 2 is 1.62 bits per heavy atom. The van der Waals surface area contributed by atoms with Crippen molar-refractivity contribution in [3.63, 3.8) is 0 Å². The molecule has 0 spiro atoms. The Balaban J connectivity index is 2.42. The number of amides is 2. The summed E-state index contributed by atoms with van der Waals surface area (Å²) in [5.41, 5.74) is 2.04. The van der Waals surface area contributed by atoms with Crippen LogP contribution in [0.15, 0.2) is 48.5 Å². The summed E-state index contributed by atoms with van der Waals surface area (Å²) in [5.74, 6) is -0.824. The van der Waals surface area contributed by atoms with Gasteiger partial charge in [-0.3, -0.25) is 13.9 Å². The molecular formula is C23H30ClN3O4S. The zero-order valence-electron chi connectivity index (χ0n) is 19.0. The number of carbonyl (C=O) groups is 2. The van der Waals surface area contributed by atoms with Gasteiger partial charge in [-0.1, -0.05) is 48.0 Å². The molecule has 0 radical (unpaired) electrons. The topological polar surface area (TPSA) is 86.8 Å². The van der Waals surface area contributed by atoms with Gasteiger partial charge in [-0.05, 0) is 51.0 Å². The highest BCUT2D eigenvalue weighted by Gasteiger charge is 2.31. The molecule has 32 heavy (non-hydrogen) atoms. The van der Waals surface area contributed by atoms with E-state index in [4.69, 9.17) is 11.6 Å². The fraction of sp³-hybridized carbons (Fsp3) is 0.391. The number of rotatable bonds is 9. The molecule has 2 rings (SSSR count). The molecule has 2 aromatic carbocycles. The molecule has 0 bridgehead atoms. The standard InChI is InChI=1S/C23H30ClN3O4S/c1-16(2)25-23(29)18(4)26(14-19-11-7-6-10-17(19)3)22(28)15-27(32(5,30)31)21-13-9-8-12-20(21)24/h6-13,16,18H,14-15H2,1-5H3,(H,25,29)/t18-/m0/s1. The van der Waals surface area contributed by atoms with E-state index in [1.165, 1.54) is 11.0 Å². The number of para-hydroxylation sites is 1. The fourth-order valence-electron chi connectivity index (χ4n) is 3.21. The molecule has 7 nitrogen and oxygen atoms in total. The molecule has 2 amide bonds. The van der Waals surface area contributed by atoms with Crippen LogP contribution >= 0.6 is 11.6 Å². The van der Waals surface area contributed by atoms with Gasteiger partial charge in [0.25, 0.3) is 0 Å². The van der Waals surface area contributed by atoms with Gasteiger partial charge in [-0.2, -0.15) is 0 Å². The van der Waals surface area contributed by atoms with E-state index in [1.54, 1.807) is 25.1 Å². The lowest BCUT2D eigenvalue weighted by molar-refractivity contribution is -0.139. The second kappa shape index (κ2) is 10.8. The lowest BCUT2D eigenvalue weighted by atomic mass is 10.1. The summed E-state index contributed by atoms with van der Waals surface area (Å²) >= 11 is 6.21. The summed E-state index contributed by atoms with van der Waals surface area (Å²) in [5, 5.41) is 3.03. The molecule has 174 valence electrons. The minimum Gasteiger partial charge on any atom is -0.352 e. The molecule has 0 unspecified atom stereocenters. The molecule has 0 aliphatic rings. The first-order valence-corrected chi connectivity index (χ1v) is 12.5. The molecule has 1 N–H and O–H groups in total. The first-order valence-electron chi connectivity index (χ1n) is 10.3. The van der Waals surface area contributed by atoms with Crippen molar-refractivity contribution in [2.24, 2.45) is 0 Å². The van der Waals surface area contributed by atoms with Gasteiger partial charge in [0.05, 0.1) is 17.0 Å². The van der Waals surface area contributed by atoms with E-state index in [-0.39, 0.29) is 29.2 Å². The number of sulfonamides is 1. The van der Waals surface area contributed by atoms with Crippen LogP contribution in [0.4, 0.5) is 5.69 Å². The molecule has 1 atom stereocenters. The summed E-state index contributed by atoms with van der Waals surface area (Å²) in [7, 11) is -3.81. The van der Waals surface area contributed by atoms with Crippen molar-refractivity contribution in [3.8, 4) is 0 Å². The second-order valence-electron chi connectivity index (χ2n) is 8.01. The number of halogens is 1. The van der Waals surface area contributed by atoms with Gasteiger partial charge in [0.2, 0.25) is 21.8 Å². The summed E-state index contributed by atoms with van der Waals surface area (Å²) in [6.45, 7) is 6.91. The van der Waals surface area contributed by atoms with Crippen LogP contribution in [0.2, 0.25) is 5.02 Å². The minimum atomic E-state index is -3.81. The summed E-state index contributed by atoms with van der Waals surface area (Å²) < 4.78 is 26.0. The normalized spacial score (nSPS) is 12.3. The Morgan fingerprint density at radius 1 is 1.03 bits per heavy atom. The number of anilines is 1. The Labute approximate surface area is 195 Å². The summed E-state index contributed by atoms with van der Waals surface area (Å²) in [6, 6.07) is 13.1. The Bertz CT molecular complexity index is 1070. The SMILES string of the molecule is Cc1ccccc1CN(C(=O)CN(c1ccccc1Cl)S(C)(=O)=O)[C@@H](C)C(=O)NC(C)C. The third-order valence-corrected chi connectivity index (χ3v) is 6.45. The van der Waals surface area contributed by atoms with Crippen molar-refractivity contribution < 1.29 is 18.0 Å². The van der Waals surface area contributed by atoms with Crippen LogP contribution in [0.25, 0.3) is 0 Å². The van der Waals surface area contributed by atoms with Crippen molar-refractivity contribution in [2.45, 2.75) is 46.3 Å². The predicted molar refractivity (Wildman–Crippen MR) is 128 cm³/mol. The maximum Gasteiger partial charge on any atom is 0.244 e. The lowest BCUT2D eigenvalue weighted by Gasteiger charge is -2.32. The van der Waals surface area contributed by atoms with E-state index >= 15 is 0 Å². The number of nitrogens with zero attached hydrogens (tertiary/aromatic N) is 2. The third kappa shape index (κ3) is 6.71. The first kappa shape index (κ1) is 25.7. The van der Waals surface area contributed by atoms with Gasteiger partial charge in [0.15, 0.2) is 0 Å². The quantitative estimate of drug-likeness (QED) is 0.597. The average Bonchev–Trinajstić information content (AvgIpc) is 2.70. The van der Waals surface area contributed by atoms with Gasteiger partial charge in [-0.25, -0.2) is 8.42 Å². The van der Waals surface area contributed by atoms with Gasteiger partial charge in [-0.15, -0.1) is 0 Å². The zero-order chi connectivity index (χ0) is 24.1. The lowest BCUT2D eigenvalue weighted by Crippen LogP contribution is -2.52. The number of hydrogen-bond donors (Lipinski definition) is 1. The number of nitrogens with one attached hydrogen (secondary N) is 1. The summed E-state index contributed by atoms with van der Waals surface area (Å²) in [4.78, 5) is 27.6. The number of aryl methyl sites for hydroxylation is 1. The monoisotopic (exact) mass is 479 g/mol. The van der Waals surface area contributed by atoms with Crippen LogP contribution in [-0.2, 0) is 26.2 Å². The van der Waals surface area contributed by atoms with Gasteiger partial charge < -0.3 is 10.2 Å².